The largest absolute Gasteiger partial charge is 0.506 e. The number of rotatable bonds is 6. The number of hydrogen-bond acceptors (Lipinski definition) is 4. The number of likely N-dealkylation sites (tertiary alicyclic amines) is 1. The highest BCUT2D eigenvalue weighted by Gasteiger charge is 2.29. The molecule has 0 aliphatic carbocycles. The van der Waals surface area contributed by atoms with Gasteiger partial charge in [-0.05, 0) is 42.9 Å². The van der Waals surface area contributed by atoms with E-state index in [2.05, 4.69) is 17.0 Å². The molecule has 2 atom stereocenters. The Morgan fingerprint density at radius 1 is 1.17 bits per heavy atom. The number of benzene rings is 1. The summed E-state index contributed by atoms with van der Waals surface area (Å²) < 4.78 is 5.21. The number of nitrogens with zero attached hydrogens (tertiary/aromatic N) is 1. The third-order valence-corrected chi connectivity index (χ3v) is 5.27. The molecule has 0 radical (unpaired) electrons. The van der Waals surface area contributed by atoms with Gasteiger partial charge in [0.1, 0.15) is 6.10 Å². The van der Waals surface area contributed by atoms with Gasteiger partial charge in [-0.3, -0.25) is 4.90 Å². The molecule has 0 amide bonds. The molecule has 6 heteroatoms. The van der Waals surface area contributed by atoms with Crippen molar-refractivity contribution in [1.29, 1.82) is 0 Å². The first kappa shape index (κ1) is 18.8. The van der Waals surface area contributed by atoms with Crippen LogP contribution in [0.15, 0.2) is 47.8 Å². The molecule has 1 aromatic heterocycles. The molecule has 130 valence electrons. The molecule has 0 spiro atoms. The molecule has 1 aliphatic rings. The molecule has 3 rings (SSSR count). The summed E-state index contributed by atoms with van der Waals surface area (Å²) >= 11 is 1.55. The minimum absolute atomic E-state index is 0. The SMILES string of the molecule is Cl.O=C(O)OC(CC(c1ccccc1)N1CCCC1)c1cccs1. The summed E-state index contributed by atoms with van der Waals surface area (Å²) in [4.78, 5) is 14.5. The molecule has 0 bridgehead atoms. The Hall–Kier alpha value is -1.56. The van der Waals surface area contributed by atoms with Crippen molar-refractivity contribution in [3.63, 3.8) is 0 Å². The minimum Gasteiger partial charge on any atom is -0.450 e. The van der Waals surface area contributed by atoms with Crippen molar-refractivity contribution >= 4 is 29.9 Å². The van der Waals surface area contributed by atoms with E-state index in [-0.39, 0.29) is 18.4 Å². The predicted molar refractivity (Wildman–Crippen MR) is 98.0 cm³/mol. The first-order valence-electron chi connectivity index (χ1n) is 7.96. The van der Waals surface area contributed by atoms with Crippen molar-refractivity contribution in [3.05, 3.63) is 58.3 Å². The molecule has 2 aromatic rings. The molecule has 0 saturated carbocycles. The van der Waals surface area contributed by atoms with Crippen LogP contribution in [0.25, 0.3) is 0 Å². The van der Waals surface area contributed by atoms with Gasteiger partial charge in [0.2, 0.25) is 0 Å². The van der Waals surface area contributed by atoms with Crippen LogP contribution in [-0.4, -0.2) is 29.3 Å². The second kappa shape index (κ2) is 9.06. The zero-order valence-corrected chi connectivity index (χ0v) is 15.0. The first-order chi connectivity index (χ1) is 11.2. The molecular formula is C18H22ClNO3S. The van der Waals surface area contributed by atoms with Gasteiger partial charge in [0.05, 0.1) is 0 Å². The lowest BCUT2D eigenvalue weighted by Crippen LogP contribution is -2.28. The Morgan fingerprint density at radius 2 is 1.88 bits per heavy atom. The maximum atomic E-state index is 11.1. The van der Waals surface area contributed by atoms with E-state index in [1.54, 1.807) is 11.3 Å². The van der Waals surface area contributed by atoms with Crippen molar-refractivity contribution in [2.75, 3.05) is 13.1 Å². The Labute approximate surface area is 152 Å². The number of hydrogen-bond donors (Lipinski definition) is 1. The maximum absolute atomic E-state index is 11.1. The smallest absolute Gasteiger partial charge is 0.450 e. The summed E-state index contributed by atoms with van der Waals surface area (Å²) in [5.41, 5.74) is 1.23. The molecule has 1 saturated heterocycles. The molecular weight excluding hydrogens is 346 g/mol. The minimum atomic E-state index is -1.21. The number of ether oxygens (including phenoxy) is 1. The Bertz CT molecular complexity index is 614. The van der Waals surface area contributed by atoms with E-state index in [0.717, 1.165) is 18.0 Å². The van der Waals surface area contributed by atoms with Crippen molar-refractivity contribution in [3.8, 4) is 0 Å². The lowest BCUT2D eigenvalue weighted by atomic mass is 9.98. The molecule has 24 heavy (non-hydrogen) atoms. The van der Waals surface area contributed by atoms with Gasteiger partial charge in [-0.1, -0.05) is 36.4 Å². The molecule has 2 unspecified atom stereocenters. The van der Waals surface area contributed by atoms with Crippen LogP contribution in [0.3, 0.4) is 0 Å². The monoisotopic (exact) mass is 367 g/mol. The van der Waals surface area contributed by atoms with E-state index in [4.69, 9.17) is 9.84 Å². The lowest BCUT2D eigenvalue weighted by Gasteiger charge is -2.30. The Balaban J connectivity index is 0.00000208. The van der Waals surface area contributed by atoms with Gasteiger partial charge in [0.25, 0.3) is 0 Å². The highest BCUT2D eigenvalue weighted by Crippen LogP contribution is 2.36. The average Bonchev–Trinajstić information content (AvgIpc) is 3.25. The Morgan fingerprint density at radius 3 is 2.46 bits per heavy atom. The normalized spacial score (nSPS) is 17.0. The second-order valence-corrected chi connectivity index (χ2v) is 6.77. The third-order valence-electron chi connectivity index (χ3n) is 4.31. The fourth-order valence-corrected chi connectivity index (χ4v) is 4.01. The van der Waals surface area contributed by atoms with Crippen LogP contribution < -0.4 is 0 Å². The van der Waals surface area contributed by atoms with Crippen LogP contribution >= 0.6 is 23.7 Å². The highest BCUT2D eigenvalue weighted by atomic mass is 35.5. The molecule has 1 N–H and O–H groups in total. The average molecular weight is 368 g/mol. The van der Waals surface area contributed by atoms with E-state index in [9.17, 15) is 4.79 Å². The number of carboxylic acid groups (broad SMARTS) is 1. The van der Waals surface area contributed by atoms with Gasteiger partial charge >= 0.3 is 6.16 Å². The second-order valence-electron chi connectivity index (χ2n) is 5.79. The number of carbonyl (C=O) groups is 1. The van der Waals surface area contributed by atoms with Gasteiger partial charge < -0.3 is 9.84 Å². The van der Waals surface area contributed by atoms with E-state index in [1.165, 1.54) is 18.4 Å². The molecule has 2 heterocycles. The van der Waals surface area contributed by atoms with Crippen molar-refractivity contribution in [1.82, 2.24) is 4.90 Å². The van der Waals surface area contributed by atoms with E-state index >= 15 is 0 Å². The van der Waals surface area contributed by atoms with E-state index < -0.39 is 12.3 Å². The van der Waals surface area contributed by atoms with E-state index in [1.807, 2.05) is 35.7 Å². The fourth-order valence-electron chi connectivity index (χ4n) is 3.25. The summed E-state index contributed by atoms with van der Waals surface area (Å²) in [6.45, 7) is 2.12. The summed E-state index contributed by atoms with van der Waals surface area (Å²) in [6, 6.07) is 14.4. The van der Waals surface area contributed by atoms with Gasteiger partial charge in [-0.25, -0.2) is 4.79 Å². The van der Waals surface area contributed by atoms with Gasteiger partial charge in [-0.15, -0.1) is 23.7 Å². The number of halogens is 1. The van der Waals surface area contributed by atoms with Crippen LogP contribution in [0.2, 0.25) is 0 Å². The summed E-state index contributed by atoms with van der Waals surface area (Å²) in [7, 11) is 0. The zero-order chi connectivity index (χ0) is 16.1. The highest BCUT2D eigenvalue weighted by molar-refractivity contribution is 7.10. The number of thiophene rings is 1. The third kappa shape index (κ3) is 4.72. The standard InChI is InChI=1S/C18H21NO3S.ClH/c20-18(21)22-16(17-9-6-12-23-17)13-15(19-10-4-5-11-19)14-7-2-1-3-8-14;/h1-3,6-9,12,15-16H,4-5,10-11,13H2,(H,20,21);1H. The predicted octanol–water partition coefficient (Wildman–Crippen LogP) is 5.13. The summed E-state index contributed by atoms with van der Waals surface area (Å²) in [5, 5.41) is 11.1. The Kier molecular flexibility index (Phi) is 7.09. The molecule has 1 aromatic carbocycles. The summed E-state index contributed by atoms with van der Waals surface area (Å²) in [6.07, 6.45) is 1.42. The first-order valence-corrected chi connectivity index (χ1v) is 8.84. The maximum Gasteiger partial charge on any atom is 0.506 e. The van der Waals surface area contributed by atoms with Crippen LogP contribution in [-0.2, 0) is 4.74 Å². The molecule has 1 aliphatic heterocycles. The molecule has 1 fully saturated rings. The van der Waals surface area contributed by atoms with Crippen LogP contribution in [0.1, 0.15) is 41.8 Å². The van der Waals surface area contributed by atoms with Crippen molar-refractivity contribution in [2.24, 2.45) is 0 Å². The van der Waals surface area contributed by atoms with Gasteiger partial charge in [0, 0.05) is 17.3 Å². The summed E-state index contributed by atoms with van der Waals surface area (Å²) in [5.74, 6) is 0. The molecule has 4 nitrogen and oxygen atoms in total. The van der Waals surface area contributed by atoms with Gasteiger partial charge in [-0.2, -0.15) is 0 Å². The van der Waals surface area contributed by atoms with E-state index in [0.29, 0.717) is 6.42 Å². The van der Waals surface area contributed by atoms with Crippen LogP contribution in [0, 0.1) is 0 Å². The van der Waals surface area contributed by atoms with Crippen molar-refractivity contribution < 1.29 is 14.6 Å². The lowest BCUT2D eigenvalue weighted by molar-refractivity contribution is 0.0352. The topological polar surface area (TPSA) is 49.8 Å². The van der Waals surface area contributed by atoms with Crippen molar-refractivity contribution in [2.45, 2.75) is 31.4 Å². The zero-order valence-electron chi connectivity index (χ0n) is 13.3. The van der Waals surface area contributed by atoms with Crippen LogP contribution in [0.4, 0.5) is 4.79 Å². The fraction of sp³-hybridized carbons (Fsp3) is 0.389. The van der Waals surface area contributed by atoms with Gasteiger partial charge in [0.15, 0.2) is 0 Å². The quantitative estimate of drug-likeness (QED) is 0.719. The van der Waals surface area contributed by atoms with Crippen LogP contribution in [0.5, 0.6) is 0 Å².